The third kappa shape index (κ3) is 1.77. The molecule has 2 rings (SSSR count). The van der Waals surface area contributed by atoms with Crippen LogP contribution >= 0.6 is 0 Å². The van der Waals surface area contributed by atoms with Crippen molar-refractivity contribution in [3.8, 4) is 0 Å². The molecule has 7 nitrogen and oxygen atoms in total. The minimum Gasteiger partial charge on any atom is -0.396 e. The Morgan fingerprint density at radius 1 is 1.11 bits per heavy atom. The van der Waals surface area contributed by atoms with Gasteiger partial charge in [-0.15, -0.1) is 0 Å². The lowest BCUT2D eigenvalue weighted by Crippen LogP contribution is -2.63. The summed E-state index contributed by atoms with van der Waals surface area (Å²) >= 11 is 0. The van der Waals surface area contributed by atoms with Gasteiger partial charge in [-0.05, 0) is 13.8 Å². The highest BCUT2D eigenvalue weighted by Gasteiger charge is 2.75. The molecule has 0 amide bonds. The van der Waals surface area contributed by atoms with Gasteiger partial charge in [0.2, 0.25) is 5.79 Å². The lowest BCUT2D eigenvalue weighted by atomic mass is 9.91. The summed E-state index contributed by atoms with van der Waals surface area (Å²) in [5.74, 6) is -3.16. The molecule has 1 heterocycles. The van der Waals surface area contributed by atoms with E-state index < -0.39 is 41.9 Å². The van der Waals surface area contributed by atoms with Gasteiger partial charge in [-0.2, -0.15) is 0 Å². The van der Waals surface area contributed by atoms with Gasteiger partial charge in [0.25, 0.3) is 0 Å². The van der Waals surface area contributed by atoms with Gasteiger partial charge in [0.05, 0.1) is 19.1 Å². The molecule has 4 atom stereocenters. The van der Waals surface area contributed by atoms with E-state index in [9.17, 15) is 15.3 Å². The Labute approximate surface area is 112 Å². The van der Waals surface area contributed by atoms with Gasteiger partial charge in [0.1, 0.15) is 12.2 Å². The molecule has 2 aliphatic rings. The van der Waals surface area contributed by atoms with Crippen molar-refractivity contribution in [1.82, 2.24) is 0 Å². The Morgan fingerprint density at radius 2 is 1.68 bits per heavy atom. The highest BCUT2D eigenvalue weighted by atomic mass is 16.8. The summed E-state index contributed by atoms with van der Waals surface area (Å²) in [4.78, 5) is 0. The maximum absolute atomic E-state index is 10.8. The largest absolute Gasteiger partial charge is 0.396 e. The Bertz CT molecular complexity index is 339. The van der Waals surface area contributed by atoms with E-state index in [1.165, 1.54) is 14.2 Å². The van der Waals surface area contributed by atoms with Crippen LogP contribution in [0.15, 0.2) is 0 Å². The Kier molecular flexibility index (Phi) is 3.68. The average molecular weight is 278 g/mol. The third-order valence-corrected chi connectivity index (χ3v) is 4.13. The molecule has 0 aromatic carbocycles. The number of hydrogen-bond acceptors (Lipinski definition) is 7. The maximum Gasteiger partial charge on any atom is 0.209 e. The van der Waals surface area contributed by atoms with E-state index in [4.69, 9.17) is 18.9 Å². The summed E-state index contributed by atoms with van der Waals surface area (Å²) in [6, 6.07) is 0. The fraction of sp³-hybridized carbons (Fsp3) is 1.00. The SMILES string of the molecule is COC1(OC)[C@H](CO)[C@@H]2OC(C)(C)O[C@@H]2[C@@]1(O)CO. The molecule has 19 heavy (non-hydrogen) atoms. The van der Waals surface area contributed by atoms with Crippen molar-refractivity contribution >= 4 is 0 Å². The fourth-order valence-corrected chi connectivity index (χ4v) is 3.35. The molecule has 3 N–H and O–H groups in total. The number of methoxy groups -OCH3 is 2. The first-order chi connectivity index (χ1) is 8.81. The minimum atomic E-state index is -1.82. The van der Waals surface area contributed by atoms with E-state index in [0.717, 1.165) is 0 Å². The molecule has 0 aromatic rings. The number of ether oxygens (including phenoxy) is 4. The van der Waals surface area contributed by atoms with Crippen molar-refractivity contribution in [3.63, 3.8) is 0 Å². The third-order valence-electron chi connectivity index (χ3n) is 4.13. The summed E-state index contributed by atoms with van der Waals surface area (Å²) in [6.45, 7) is 2.45. The monoisotopic (exact) mass is 278 g/mol. The number of rotatable bonds is 4. The predicted molar refractivity (Wildman–Crippen MR) is 63.2 cm³/mol. The smallest absolute Gasteiger partial charge is 0.209 e. The van der Waals surface area contributed by atoms with Crippen molar-refractivity contribution in [2.75, 3.05) is 27.4 Å². The molecule has 0 bridgehead atoms. The van der Waals surface area contributed by atoms with Crippen LogP contribution in [0.1, 0.15) is 13.8 Å². The zero-order valence-corrected chi connectivity index (χ0v) is 11.6. The zero-order valence-electron chi connectivity index (χ0n) is 11.6. The Morgan fingerprint density at radius 3 is 2.11 bits per heavy atom. The van der Waals surface area contributed by atoms with Crippen molar-refractivity contribution in [2.24, 2.45) is 5.92 Å². The average Bonchev–Trinajstić information content (AvgIpc) is 2.78. The molecule has 0 spiro atoms. The van der Waals surface area contributed by atoms with Crippen LogP contribution in [-0.4, -0.2) is 72.1 Å². The van der Waals surface area contributed by atoms with Gasteiger partial charge in [-0.3, -0.25) is 0 Å². The first kappa shape index (κ1) is 15.1. The minimum absolute atomic E-state index is 0.329. The van der Waals surface area contributed by atoms with E-state index in [0.29, 0.717) is 0 Å². The number of aliphatic hydroxyl groups excluding tert-OH is 2. The van der Waals surface area contributed by atoms with Crippen LogP contribution in [0.25, 0.3) is 0 Å². The second-order valence-corrected chi connectivity index (χ2v) is 5.47. The van der Waals surface area contributed by atoms with Crippen LogP contribution in [-0.2, 0) is 18.9 Å². The number of fused-ring (bicyclic) bond motifs is 1. The molecular weight excluding hydrogens is 256 g/mol. The van der Waals surface area contributed by atoms with E-state index in [1.54, 1.807) is 13.8 Å². The van der Waals surface area contributed by atoms with Gasteiger partial charge in [0, 0.05) is 14.2 Å². The molecule has 0 radical (unpaired) electrons. The van der Waals surface area contributed by atoms with Crippen molar-refractivity contribution < 1.29 is 34.3 Å². The lowest BCUT2D eigenvalue weighted by Gasteiger charge is -2.43. The highest BCUT2D eigenvalue weighted by molar-refractivity contribution is 5.18. The van der Waals surface area contributed by atoms with Gasteiger partial charge in [0.15, 0.2) is 11.4 Å². The van der Waals surface area contributed by atoms with Crippen molar-refractivity contribution in [1.29, 1.82) is 0 Å². The predicted octanol–water partition coefficient (Wildman–Crippen LogP) is -1.16. The normalized spacial score (nSPS) is 43.4. The topological polar surface area (TPSA) is 97.6 Å². The Hall–Kier alpha value is -0.280. The van der Waals surface area contributed by atoms with Crippen LogP contribution in [0.2, 0.25) is 0 Å². The summed E-state index contributed by atoms with van der Waals surface area (Å²) in [6.07, 6.45) is -1.47. The van der Waals surface area contributed by atoms with Gasteiger partial charge in [-0.1, -0.05) is 0 Å². The summed E-state index contributed by atoms with van der Waals surface area (Å²) in [5.41, 5.74) is -1.82. The molecule has 1 saturated carbocycles. The zero-order chi connectivity index (χ0) is 14.5. The van der Waals surface area contributed by atoms with Gasteiger partial charge in [-0.25, -0.2) is 0 Å². The second kappa shape index (κ2) is 4.63. The second-order valence-electron chi connectivity index (χ2n) is 5.47. The van der Waals surface area contributed by atoms with Crippen molar-refractivity contribution in [3.05, 3.63) is 0 Å². The van der Waals surface area contributed by atoms with Crippen LogP contribution in [0, 0.1) is 5.92 Å². The van der Waals surface area contributed by atoms with E-state index in [1.807, 2.05) is 0 Å². The van der Waals surface area contributed by atoms with Gasteiger partial charge >= 0.3 is 0 Å². The molecular formula is C12H22O7. The lowest BCUT2D eigenvalue weighted by molar-refractivity contribution is -0.344. The van der Waals surface area contributed by atoms with Crippen LogP contribution in [0.3, 0.4) is 0 Å². The first-order valence-electron chi connectivity index (χ1n) is 6.22. The molecule has 0 aromatic heterocycles. The number of aliphatic hydroxyl groups is 3. The van der Waals surface area contributed by atoms with Gasteiger partial charge < -0.3 is 34.3 Å². The van der Waals surface area contributed by atoms with Crippen LogP contribution in [0.5, 0.6) is 0 Å². The molecule has 1 aliphatic carbocycles. The van der Waals surface area contributed by atoms with Crippen molar-refractivity contribution in [2.45, 2.75) is 43.2 Å². The fourth-order valence-electron chi connectivity index (χ4n) is 3.35. The summed E-state index contributed by atoms with van der Waals surface area (Å²) in [7, 11) is 2.69. The quantitative estimate of drug-likeness (QED) is 0.558. The standard InChI is InChI=1S/C12H22O7/c1-10(2)18-8-7(5-13)12(16-3,17-4)11(15,6-14)9(8)19-10/h7-9,13-15H,5-6H2,1-4H3/t7-,8+,9+,11+/m1/s1. The Balaban J connectivity index is 2.48. The molecule has 1 aliphatic heterocycles. The molecule has 112 valence electrons. The van der Waals surface area contributed by atoms with E-state index in [-0.39, 0.29) is 6.61 Å². The summed E-state index contributed by atoms with van der Waals surface area (Å²) in [5, 5.41) is 30.0. The van der Waals surface area contributed by atoms with E-state index in [2.05, 4.69) is 0 Å². The highest BCUT2D eigenvalue weighted by Crippen LogP contribution is 2.53. The summed E-state index contributed by atoms with van der Waals surface area (Å²) < 4.78 is 22.0. The molecule has 2 fully saturated rings. The van der Waals surface area contributed by atoms with E-state index >= 15 is 0 Å². The maximum atomic E-state index is 10.8. The first-order valence-corrected chi connectivity index (χ1v) is 6.22. The number of hydrogen-bond donors (Lipinski definition) is 3. The van der Waals surface area contributed by atoms with Crippen LogP contribution < -0.4 is 0 Å². The molecule has 1 saturated heterocycles. The molecule has 0 unspecified atom stereocenters. The van der Waals surface area contributed by atoms with Crippen LogP contribution in [0.4, 0.5) is 0 Å². The molecule has 7 heteroatoms.